The fraction of sp³-hybridized carbons (Fsp3) is 0.261. The van der Waals surface area contributed by atoms with Gasteiger partial charge in [0.25, 0.3) is 5.56 Å². The lowest BCUT2D eigenvalue weighted by atomic mass is 10.1. The number of fused-ring (bicyclic) bond motifs is 1. The smallest absolute Gasteiger partial charge is 0.277 e. The Morgan fingerprint density at radius 1 is 1.03 bits per heavy atom. The van der Waals surface area contributed by atoms with Crippen LogP contribution in [0.5, 0.6) is 0 Å². The summed E-state index contributed by atoms with van der Waals surface area (Å²) in [6, 6.07) is 13.9. The lowest BCUT2D eigenvalue weighted by molar-refractivity contribution is 0.0783. The van der Waals surface area contributed by atoms with Crippen LogP contribution < -0.4 is 21.1 Å². The maximum atomic E-state index is 12.8. The fourth-order valence-electron chi connectivity index (χ4n) is 4.00. The third-order valence-corrected chi connectivity index (χ3v) is 7.02. The molecule has 0 unspecified atom stereocenters. The van der Waals surface area contributed by atoms with E-state index < -0.39 is 9.84 Å². The number of sulfone groups is 1. The predicted octanol–water partition coefficient (Wildman–Crippen LogP) is 2.38. The summed E-state index contributed by atoms with van der Waals surface area (Å²) in [4.78, 5) is 24.2. The number of para-hydroxylation sites is 1. The van der Waals surface area contributed by atoms with Crippen molar-refractivity contribution in [2.45, 2.75) is 11.0 Å². The standard InChI is InChI=1S/C23H25N7O4S/c1-29-23(31)21-16(24-15-7-4-5-8-17(15)35(3,32)33)11-19(27-22(21)28-29)25-18-9-6-10-20(26-18)30-12-14(13-30)34-2/h4-11,14H,12-13H2,1-3H3,(H3,24,25,26,27,28). The number of methoxy groups -OCH3 is 1. The van der Waals surface area contributed by atoms with Gasteiger partial charge in [-0.2, -0.15) is 0 Å². The van der Waals surface area contributed by atoms with Crippen molar-refractivity contribution in [3.8, 4) is 0 Å². The fourth-order valence-corrected chi connectivity index (χ4v) is 4.84. The number of pyridine rings is 2. The van der Waals surface area contributed by atoms with E-state index in [9.17, 15) is 13.2 Å². The summed E-state index contributed by atoms with van der Waals surface area (Å²) in [6.45, 7) is 1.55. The van der Waals surface area contributed by atoms with Crippen molar-refractivity contribution in [2.24, 2.45) is 7.05 Å². The first-order valence-electron chi connectivity index (χ1n) is 10.9. The summed E-state index contributed by atoms with van der Waals surface area (Å²) in [5.41, 5.74) is 0.840. The molecule has 0 spiro atoms. The van der Waals surface area contributed by atoms with Crippen LogP contribution in [0.1, 0.15) is 0 Å². The number of rotatable bonds is 7. The molecule has 1 aromatic carbocycles. The van der Waals surface area contributed by atoms with E-state index in [4.69, 9.17) is 4.74 Å². The number of hydrogen-bond donors (Lipinski definition) is 3. The summed E-state index contributed by atoms with van der Waals surface area (Å²) in [6.07, 6.45) is 1.35. The number of aryl methyl sites for hydroxylation is 1. The van der Waals surface area contributed by atoms with Gasteiger partial charge in [-0.05, 0) is 24.3 Å². The van der Waals surface area contributed by atoms with Gasteiger partial charge in [-0.15, -0.1) is 0 Å². The second kappa shape index (κ2) is 8.71. The first-order valence-corrected chi connectivity index (χ1v) is 12.8. The second-order valence-corrected chi connectivity index (χ2v) is 10.4. The van der Waals surface area contributed by atoms with Gasteiger partial charge in [-0.25, -0.2) is 18.4 Å². The average Bonchev–Trinajstić information content (AvgIpc) is 3.06. The van der Waals surface area contributed by atoms with Gasteiger partial charge in [-0.1, -0.05) is 18.2 Å². The number of aromatic amines is 1. The van der Waals surface area contributed by atoms with Crippen molar-refractivity contribution in [2.75, 3.05) is 42.0 Å². The van der Waals surface area contributed by atoms with Crippen LogP contribution in [0, 0.1) is 0 Å². The molecule has 35 heavy (non-hydrogen) atoms. The summed E-state index contributed by atoms with van der Waals surface area (Å²) < 4.78 is 31.2. The lowest BCUT2D eigenvalue weighted by Gasteiger charge is -2.39. The normalized spacial score (nSPS) is 14.2. The number of nitrogens with zero attached hydrogens (tertiary/aromatic N) is 4. The molecular formula is C23H25N7O4S. The van der Waals surface area contributed by atoms with Crippen LogP contribution in [-0.4, -0.2) is 60.7 Å². The Morgan fingerprint density at radius 2 is 1.80 bits per heavy atom. The molecule has 3 aromatic heterocycles. The third kappa shape index (κ3) is 4.45. The molecule has 4 aromatic rings. The number of aromatic nitrogens is 4. The van der Waals surface area contributed by atoms with Crippen molar-refractivity contribution in [1.82, 2.24) is 19.7 Å². The average molecular weight is 496 g/mol. The minimum atomic E-state index is -3.49. The van der Waals surface area contributed by atoms with E-state index in [0.717, 1.165) is 25.2 Å². The van der Waals surface area contributed by atoms with Gasteiger partial charge in [0, 0.05) is 39.6 Å². The first-order chi connectivity index (χ1) is 16.7. The van der Waals surface area contributed by atoms with Crippen molar-refractivity contribution in [3.05, 3.63) is 58.9 Å². The number of benzene rings is 1. The molecule has 11 nitrogen and oxygen atoms in total. The van der Waals surface area contributed by atoms with Crippen LogP contribution in [0.15, 0.2) is 58.2 Å². The molecule has 182 valence electrons. The molecule has 0 bridgehead atoms. The quantitative estimate of drug-likeness (QED) is 0.353. The Morgan fingerprint density at radius 3 is 2.54 bits per heavy atom. The molecule has 0 amide bonds. The number of hydrogen-bond acceptors (Lipinski definition) is 9. The van der Waals surface area contributed by atoms with Gasteiger partial charge >= 0.3 is 0 Å². The highest BCUT2D eigenvalue weighted by Gasteiger charge is 2.27. The van der Waals surface area contributed by atoms with Crippen molar-refractivity contribution in [3.63, 3.8) is 0 Å². The molecule has 0 radical (unpaired) electrons. The zero-order valence-electron chi connectivity index (χ0n) is 19.4. The Balaban J connectivity index is 1.52. The van der Waals surface area contributed by atoms with Crippen LogP contribution in [0.4, 0.5) is 28.8 Å². The molecule has 0 atom stereocenters. The maximum Gasteiger partial charge on any atom is 0.277 e. The monoisotopic (exact) mass is 495 g/mol. The van der Waals surface area contributed by atoms with E-state index in [2.05, 4.69) is 30.6 Å². The van der Waals surface area contributed by atoms with Crippen molar-refractivity contribution < 1.29 is 13.2 Å². The molecule has 1 fully saturated rings. The SMILES string of the molecule is COC1CN(c2cccc(Nc3cc(Nc4ccccc4S(C)(=O)=O)c4c(=O)n(C)[nH]c4n3)n2)C1. The highest BCUT2D eigenvalue weighted by molar-refractivity contribution is 7.90. The minimum Gasteiger partial charge on any atom is -0.378 e. The molecule has 12 heteroatoms. The molecule has 1 aliphatic heterocycles. The van der Waals surface area contributed by atoms with Gasteiger partial charge in [-0.3, -0.25) is 14.6 Å². The lowest BCUT2D eigenvalue weighted by Crippen LogP contribution is -2.52. The molecule has 1 saturated heterocycles. The van der Waals surface area contributed by atoms with E-state index in [1.807, 2.05) is 18.2 Å². The van der Waals surface area contributed by atoms with E-state index >= 15 is 0 Å². The van der Waals surface area contributed by atoms with Gasteiger partial charge in [0.05, 0.1) is 22.4 Å². The van der Waals surface area contributed by atoms with Crippen molar-refractivity contribution in [1.29, 1.82) is 0 Å². The highest BCUT2D eigenvalue weighted by atomic mass is 32.2. The number of H-pyrrole nitrogens is 1. The van der Waals surface area contributed by atoms with Gasteiger partial charge in [0.2, 0.25) is 0 Å². The molecule has 5 rings (SSSR count). The minimum absolute atomic E-state index is 0.130. The Labute approximate surface area is 201 Å². The topological polar surface area (TPSA) is 134 Å². The van der Waals surface area contributed by atoms with Crippen LogP contribution >= 0.6 is 0 Å². The highest BCUT2D eigenvalue weighted by Crippen LogP contribution is 2.30. The number of nitrogens with one attached hydrogen (secondary N) is 3. The first kappa shape index (κ1) is 22.9. The Hall–Kier alpha value is -3.90. The van der Waals surface area contributed by atoms with E-state index in [-0.39, 0.29) is 16.6 Å². The molecule has 3 N–H and O–H groups in total. The van der Waals surface area contributed by atoms with E-state index in [0.29, 0.717) is 34.0 Å². The molecule has 0 aliphatic carbocycles. The summed E-state index contributed by atoms with van der Waals surface area (Å²) in [7, 11) is -0.203. The van der Waals surface area contributed by atoms with Crippen LogP contribution in [-0.2, 0) is 21.6 Å². The third-order valence-electron chi connectivity index (χ3n) is 5.86. The van der Waals surface area contributed by atoms with Crippen LogP contribution in [0.25, 0.3) is 11.0 Å². The maximum absolute atomic E-state index is 12.8. The number of ether oxygens (including phenoxy) is 1. The number of anilines is 5. The largest absolute Gasteiger partial charge is 0.378 e. The zero-order valence-corrected chi connectivity index (χ0v) is 20.3. The van der Waals surface area contributed by atoms with E-state index in [1.165, 1.54) is 10.7 Å². The molecular weight excluding hydrogens is 470 g/mol. The predicted molar refractivity (Wildman–Crippen MR) is 135 cm³/mol. The second-order valence-electron chi connectivity index (χ2n) is 8.42. The molecule has 0 saturated carbocycles. The molecule has 1 aliphatic rings. The zero-order chi connectivity index (χ0) is 24.7. The van der Waals surface area contributed by atoms with Crippen LogP contribution in [0.2, 0.25) is 0 Å². The van der Waals surface area contributed by atoms with Gasteiger partial charge in [0.1, 0.15) is 22.8 Å². The van der Waals surface area contributed by atoms with Gasteiger partial charge < -0.3 is 20.3 Å². The van der Waals surface area contributed by atoms with Crippen molar-refractivity contribution >= 4 is 49.7 Å². The van der Waals surface area contributed by atoms with Gasteiger partial charge in [0.15, 0.2) is 15.5 Å². The summed E-state index contributed by atoms with van der Waals surface area (Å²) in [5, 5.41) is 9.57. The summed E-state index contributed by atoms with van der Waals surface area (Å²) >= 11 is 0. The Kier molecular flexibility index (Phi) is 5.69. The summed E-state index contributed by atoms with van der Waals surface area (Å²) in [5.74, 6) is 1.83. The Bertz CT molecular complexity index is 1570. The van der Waals surface area contributed by atoms with E-state index in [1.54, 1.807) is 38.4 Å². The molecule has 4 heterocycles. The van der Waals surface area contributed by atoms with Crippen LogP contribution in [0.3, 0.4) is 0 Å².